The summed E-state index contributed by atoms with van der Waals surface area (Å²) in [6.07, 6.45) is 0. The van der Waals surface area contributed by atoms with E-state index in [0.717, 1.165) is 5.46 Å². The van der Waals surface area contributed by atoms with E-state index in [0.29, 0.717) is 0 Å². The maximum Gasteiger partial charge on any atom is 0.495 e. The summed E-state index contributed by atoms with van der Waals surface area (Å²) in [6.45, 7) is 13.2. The molecule has 1 spiro atoms. The van der Waals surface area contributed by atoms with Gasteiger partial charge in [-0.2, -0.15) is 0 Å². The van der Waals surface area contributed by atoms with Crippen LogP contribution in [0.5, 0.6) is 0 Å². The molecule has 2 aliphatic carbocycles. The molecule has 7 rings (SSSR count). The van der Waals surface area contributed by atoms with E-state index in [2.05, 4.69) is 133 Å². The average molecular weight is 484 g/mol. The first kappa shape index (κ1) is 23.0. The van der Waals surface area contributed by atoms with Gasteiger partial charge < -0.3 is 9.31 Å². The quantitative estimate of drug-likeness (QED) is 0.239. The van der Waals surface area contributed by atoms with Gasteiger partial charge >= 0.3 is 7.12 Å². The highest BCUT2D eigenvalue weighted by molar-refractivity contribution is 6.64. The Morgan fingerprint density at radius 3 is 1.51 bits per heavy atom. The summed E-state index contributed by atoms with van der Waals surface area (Å²) in [5, 5.41) is 0. The summed E-state index contributed by atoms with van der Waals surface area (Å²) in [6, 6.07) is 33.8. The fraction of sp³-hybridized carbons (Fsp3) is 0.294. The first-order chi connectivity index (χ1) is 17.6. The van der Waals surface area contributed by atoms with Gasteiger partial charge in [-0.3, -0.25) is 0 Å². The molecular weight excluding hydrogens is 451 g/mol. The minimum Gasteiger partial charge on any atom is -0.399 e. The van der Waals surface area contributed by atoms with Gasteiger partial charge in [0.25, 0.3) is 0 Å². The standard InChI is InChI=1S/C34H33BO2/c1-31(2)24-16-9-11-18-26(24)34(27-19-12-10-17-25(27)31)23-15-8-7-14-22(23)30-28(34)20-13-21-29(30)35-36-32(3,4)33(5,6)37-35/h7-21H,1-6H3. The van der Waals surface area contributed by atoms with Crippen LogP contribution in [0.3, 0.4) is 0 Å². The van der Waals surface area contributed by atoms with Crippen LogP contribution < -0.4 is 5.46 Å². The monoisotopic (exact) mass is 484 g/mol. The minimum absolute atomic E-state index is 0.0978. The lowest BCUT2D eigenvalue weighted by Crippen LogP contribution is -2.41. The van der Waals surface area contributed by atoms with Crippen LogP contribution in [0.15, 0.2) is 91.0 Å². The van der Waals surface area contributed by atoms with Gasteiger partial charge in [-0.25, -0.2) is 0 Å². The molecule has 3 aliphatic rings. The molecule has 1 saturated heterocycles. The van der Waals surface area contributed by atoms with Gasteiger partial charge in [-0.05, 0) is 77.7 Å². The first-order valence-electron chi connectivity index (χ1n) is 13.4. The lowest BCUT2D eigenvalue weighted by atomic mass is 9.55. The zero-order valence-corrected chi connectivity index (χ0v) is 22.6. The van der Waals surface area contributed by atoms with Crippen LogP contribution in [0.4, 0.5) is 0 Å². The van der Waals surface area contributed by atoms with Gasteiger partial charge in [0.2, 0.25) is 0 Å². The second-order valence-corrected chi connectivity index (χ2v) is 12.4. The molecule has 0 radical (unpaired) electrons. The zero-order chi connectivity index (χ0) is 25.8. The van der Waals surface area contributed by atoms with Gasteiger partial charge in [-0.15, -0.1) is 0 Å². The smallest absolute Gasteiger partial charge is 0.399 e. The number of rotatable bonds is 1. The molecule has 3 heteroatoms. The molecule has 1 fully saturated rings. The number of hydrogen-bond acceptors (Lipinski definition) is 2. The maximum absolute atomic E-state index is 6.62. The Balaban J connectivity index is 1.60. The predicted molar refractivity (Wildman–Crippen MR) is 152 cm³/mol. The summed E-state index contributed by atoms with van der Waals surface area (Å²) in [5.74, 6) is 0. The van der Waals surface area contributed by atoms with Crippen molar-refractivity contribution < 1.29 is 9.31 Å². The first-order valence-corrected chi connectivity index (χ1v) is 13.4. The predicted octanol–water partition coefficient (Wildman–Crippen LogP) is 6.99. The molecule has 0 N–H and O–H groups in total. The minimum atomic E-state index is -0.423. The molecule has 0 saturated carbocycles. The molecule has 0 bridgehead atoms. The van der Waals surface area contributed by atoms with Crippen molar-refractivity contribution in [3.63, 3.8) is 0 Å². The van der Waals surface area contributed by atoms with Crippen molar-refractivity contribution in [3.05, 3.63) is 124 Å². The van der Waals surface area contributed by atoms with Gasteiger partial charge in [-0.1, -0.05) is 105 Å². The van der Waals surface area contributed by atoms with Crippen LogP contribution in [-0.4, -0.2) is 18.3 Å². The molecule has 0 unspecified atom stereocenters. The SMILES string of the molecule is CC1(C)c2ccccc2C2(c3ccccc3-c3c(B4OC(C)(C)C(C)(C)O4)cccc32)c2ccccc21. The van der Waals surface area contributed by atoms with Crippen molar-refractivity contribution in [3.8, 4) is 11.1 Å². The molecular formula is C34H33BO2. The van der Waals surface area contributed by atoms with Gasteiger partial charge in [0.15, 0.2) is 0 Å². The molecule has 1 aliphatic heterocycles. The van der Waals surface area contributed by atoms with E-state index in [9.17, 15) is 0 Å². The fourth-order valence-electron chi connectivity index (χ4n) is 7.10. The molecule has 1 heterocycles. The molecule has 4 aromatic carbocycles. The highest BCUT2D eigenvalue weighted by Crippen LogP contribution is 2.61. The Morgan fingerprint density at radius 2 is 0.946 bits per heavy atom. The van der Waals surface area contributed by atoms with Crippen molar-refractivity contribution in [1.82, 2.24) is 0 Å². The Morgan fingerprint density at radius 1 is 0.486 bits per heavy atom. The summed E-state index contributed by atoms with van der Waals surface area (Å²) in [4.78, 5) is 0. The number of hydrogen-bond donors (Lipinski definition) is 0. The second kappa shape index (κ2) is 7.25. The van der Waals surface area contributed by atoms with E-state index >= 15 is 0 Å². The van der Waals surface area contributed by atoms with E-state index in [1.807, 2.05) is 0 Å². The summed E-state index contributed by atoms with van der Waals surface area (Å²) in [7, 11) is -0.423. The van der Waals surface area contributed by atoms with Crippen LogP contribution in [0.1, 0.15) is 74.9 Å². The molecule has 184 valence electrons. The molecule has 0 aromatic heterocycles. The lowest BCUT2D eigenvalue weighted by Gasteiger charge is -2.46. The van der Waals surface area contributed by atoms with Crippen molar-refractivity contribution in [2.24, 2.45) is 0 Å². The van der Waals surface area contributed by atoms with Crippen LogP contribution in [0.25, 0.3) is 11.1 Å². The van der Waals surface area contributed by atoms with Crippen molar-refractivity contribution in [2.45, 2.75) is 63.6 Å². The van der Waals surface area contributed by atoms with Crippen molar-refractivity contribution in [2.75, 3.05) is 0 Å². The Bertz CT molecular complexity index is 1510. The van der Waals surface area contributed by atoms with E-state index in [4.69, 9.17) is 9.31 Å². The third-order valence-corrected chi connectivity index (χ3v) is 9.62. The number of fused-ring (bicyclic) bond motifs is 9. The summed E-state index contributed by atoms with van der Waals surface area (Å²) in [5.41, 5.74) is 10.5. The molecule has 0 amide bonds. The van der Waals surface area contributed by atoms with Crippen molar-refractivity contribution >= 4 is 12.6 Å². The van der Waals surface area contributed by atoms with Crippen molar-refractivity contribution in [1.29, 1.82) is 0 Å². The Hall–Kier alpha value is -3.14. The zero-order valence-electron chi connectivity index (χ0n) is 22.6. The summed E-state index contributed by atoms with van der Waals surface area (Å²) < 4.78 is 13.2. The van der Waals surface area contributed by atoms with E-state index in [-0.39, 0.29) is 5.41 Å². The molecule has 4 aromatic rings. The summed E-state index contributed by atoms with van der Waals surface area (Å²) >= 11 is 0. The van der Waals surface area contributed by atoms with E-state index in [1.54, 1.807) is 0 Å². The second-order valence-electron chi connectivity index (χ2n) is 12.4. The van der Waals surface area contributed by atoms with Gasteiger partial charge in [0.1, 0.15) is 0 Å². The fourth-order valence-corrected chi connectivity index (χ4v) is 7.10. The van der Waals surface area contributed by atoms with Crippen LogP contribution >= 0.6 is 0 Å². The van der Waals surface area contributed by atoms with E-state index in [1.165, 1.54) is 44.5 Å². The third-order valence-electron chi connectivity index (χ3n) is 9.62. The van der Waals surface area contributed by atoms with Gasteiger partial charge in [0, 0.05) is 5.41 Å². The normalized spacial score (nSPS) is 20.8. The van der Waals surface area contributed by atoms with E-state index < -0.39 is 23.7 Å². The molecule has 37 heavy (non-hydrogen) atoms. The third kappa shape index (κ3) is 2.74. The highest BCUT2D eigenvalue weighted by Gasteiger charge is 2.56. The van der Waals surface area contributed by atoms with Crippen LogP contribution in [0.2, 0.25) is 0 Å². The largest absolute Gasteiger partial charge is 0.495 e. The topological polar surface area (TPSA) is 18.5 Å². The van der Waals surface area contributed by atoms with Crippen LogP contribution in [0, 0.1) is 0 Å². The highest BCUT2D eigenvalue weighted by atomic mass is 16.7. The lowest BCUT2D eigenvalue weighted by molar-refractivity contribution is 0.00578. The van der Waals surface area contributed by atoms with Gasteiger partial charge in [0.05, 0.1) is 16.6 Å². The van der Waals surface area contributed by atoms with Crippen LogP contribution in [-0.2, 0) is 20.1 Å². The Kier molecular flexibility index (Phi) is 4.51. The molecule has 0 atom stereocenters. The number of benzene rings is 4. The average Bonchev–Trinajstić information content (AvgIpc) is 3.30. The Labute approximate surface area is 220 Å². The molecule has 2 nitrogen and oxygen atoms in total. The maximum atomic E-state index is 6.62.